The second-order valence-electron chi connectivity index (χ2n) is 3.54. The van der Waals surface area contributed by atoms with Crippen molar-refractivity contribution in [1.82, 2.24) is 5.32 Å². The van der Waals surface area contributed by atoms with E-state index < -0.39 is 17.5 Å². The standard InChI is InChI=1S/C13H13F2NO/c1-2-3-4-5-8-16-13(17)11-9-10(14)6-7-12(11)15/h1,6-7,9H,3-5,8H2,(H,16,17). The zero-order chi connectivity index (χ0) is 12.7. The van der Waals surface area contributed by atoms with E-state index >= 15 is 0 Å². The monoisotopic (exact) mass is 237 g/mol. The van der Waals surface area contributed by atoms with E-state index in [1.165, 1.54) is 0 Å². The molecule has 0 aromatic heterocycles. The Morgan fingerprint density at radius 1 is 1.35 bits per heavy atom. The average molecular weight is 237 g/mol. The first-order chi connectivity index (χ1) is 8.15. The number of unbranched alkanes of at least 4 members (excludes halogenated alkanes) is 2. The number of halogens is 2. The van der Waals surface area contributed by atoms with E-state index in [1.807, 2.05) is 0 Å². The van der Waals surface area contributed by atoms with Crippen LogP contribution in [-0.4, -0.2) is 12.5 Å². The van der Waals surface area contributed by atoms with Crippen molar-refractivity contribution in [2.24, 2.45) is 0 Å². The van der Waals surface area contributed by atoms with Crippen molar-refractivity contribution < 1.29 is 13.6 Å². The Kier molecular flexibility index (Phi) is 5.15. The fourth-order valence-electron chi connectivity index (χ4n) is 1.32. The molecule has 0 heterocycles. The van der Waals surface area contributed by atoms with Gasteiger partial charge in [0.15, 0.2) is 0 Å². The van der Waals surface area contributed by atoms with E-state index in [1.54, 1.807) is 0 Å². The van der Waals surface area contributed by atoms with Gasteiger partial charge in [-0.25, -0.2) is 8.78 Å². The minimum Gasteiger partial charge on any atom is -0.352 e. The van der Waals surface area contributed by atoms with Crippen molar-refractivity contribution in [3.05, 3.63) is 35.4 Å². The van der Waals surface area contributed by atoms with Crippen molar-refractivity contribution in [2.45, 2.75) is 19.3 Å². The molecular weight excluding hydrogens is 224 g/mol. The van der Waals surface area contributed by atoms with Crippen LogP contribution in [0.15, 0.2) is 18.2 Å². The van der Waals surface area contributed by atoms with Crippen LogP contribution in [0.1, 0.15) is 29.6 Å². The predicted octanol–water partition coefficient (Wildman–Crippen LogP) is 2.50. The summed E-state index contributed by atoms with van der Waals surface area (Å²) < 4.78 is 26.0. The number of carbonyl (C=O) groups is 1. The molecule has 1 aromatic rings. The van der Waals surface area contributed by atoms with E-state index in [9.17, 15) is 13.6 Å². The van der Waals surface area contributed by atoms with Gasteiger partial charge in [-0.15, -0.1) is 12.3 Å². The molecule has 1 rings (SSSR count). The molecule has 90 valence electrons. The van der Waals surface area contributed by atoms with Crippen molar-refractivity contribution in [3.63, 3.8) is 0 Å². The van der Waals surface area contributed by atoms with Crippen LogP contribution in [0.3, 0.4) is 0 Å². The molecule has 0 aliphatic carbocycles. The maximum absolute atomic E-state index is 13.2. The third kappa shape index (κ3) is 4.23. The Hall–Kier alpha value is -1.89. The number of amides is 1. The van der Waals surface area contributed by atoms with Crippen molar-refractivity contribution in [2.75, 3.05) is 6.54 Å². The molecule has 0 aliphatic heterocycles. The zero-order valence-corrected chi connectivity index (χ0v) is 9.30. The third-order valence-corrected chi connectivity index (χ3v) is 2.21. The second-order valence-corrected chi connectivity index (χ2v) is 3.54. The lowest BCUT2D eigenvalue weighted by molar-refractivity contribution is 0.0948. The first kappa shape index (κ1) is 13.2. The van der Waals surface area contributed by atoms with Crippen molar-refractivity contribution in [1.29, 1.82) is 0 Å². The highest BCUT2D eigenvalue weighted by atomic mass is 19.1. The molecule has 0 fully saturated rings. The van der Waals surface area contributed by atoms with Gasteiger partial charge in [0.25, 0.3) is 5.91 Å². The van der Waals surface area contributed by atoms with Gasteiger partial charge < -0.3 is 5.32 Å². The number of benzene rings is 1. The smallest absolute Gasteiger partial charge is 0.254 e. The van der Waals surface area contributed by atoms with Gasteiger partial charge in [-0.05, 0) is 31.0 Å². The van der Waals surface area contributed by atoms with Gasteiger partial charge in [-0.3, -0.25) is 4.79 Å². The number of rotatable bonds is 5. The van der Waals surface area contributed by atoms with E-state index in [2.05, 4.69) is 11.2 Å². The van der Waals surface area contributed by atoms with E-state index in [4.69, 9.17) is 6.42 Å². The van der Waals surface area contributed by atoms with E-state index in [-0.39, 0.29) is 5.56 Å². The number of nitrogens with one attached hydrogen (secondary N) is 1. The highest BCUT2D eigenvalue weighted by Gasteiger charge is 2.11. The van der Waals surface area contributed by atoms with Gasteiger partial charge in [0.2, 0.25) is 0 Å². The Labute approximate surface area is 99.0 Å². The molecule has 0 atom stereocenters. The molecular formula is C13H13F2NO. The summed E-state index contributed by atoms with van der Waals surface area (Å²) in [6.07, 6.45) is 7.22. The lowest BCUT2D eigenvalue weighted by atomic mass is 10.2. The Morgan fingerprint density at radius 2 is 2.12 bits per heavy atom. The van der Waals surface area contributed by atoms with Crippen LogP contribution in [0, 0.1) is 24.0 Å². The molecule has 0 saturated carbocycles. The second kappa shape index (κ2) is 6.64. The Balaban J connectivity index is 2.47. The maximum Gasteiger partial charge on any atom is 0.254 e. The summed E-state index contributed by atoms with van der Waals surface area (Å²) in [7, 11) is 0. The molecule has 0 unspecified atom stereocenters. The first-order valence-electron chi connectivity index (χ1n) is 5.32. The van der Waals surface area contributed by atoms with Crippen LogP contribution < -0.4 is 5.32 Å². The summed E-state index contributed by atoms with van der Waals surface area (Å²) in [5.74, 6) is 0.509. The summed E-state index contributed by atoms with van der Waals surface area (Å²) in [5.41, 5.74) is -0.276. The quantitative estimate of drug-likeness (QED) is 0.618. The summed E-state index contributed by atoms with van der Waals surface area (Å²) in [5, 5.41) is 2.51. The van der Waals surface area contributed by atoms with Crippen molar-refractivity contribution in [3.8, 4) is 12.3 Å². The number of terminal acetylenes is 1. The first-order valence-corrected chi connectivity index (χ1v) is 5.32. The van der Waals surface area contributed by atoms with Gasteiger partial charge in [-0.1, -0.05) is 0 Å². The SMILES string of the molecule is C#CCCCCNC(=O)c1cc(F)ccc1F. The predicted molar refractivity (Wildman–Crippen MR) is 61.4 cm³/mol. The number of hydrogen-bond acceptors (Lipinski definition) is 1. The molecule has 1 N–H and O–H groups in total. The molecule has 0 aliphatic rings. The maximum atomic E-state index is 13.2. The average Bonchev–Trinajstić information content (AvgIpc) is 2.32. The summed E-state index contributed by atoms with van der Waals surface area (Å²) >= 11 is 0. The van der Waals surface area contributed by atoms with E-state index in [0.29, 0.717) is 19.4 Å². The zero-order valence-electron chi connectivity index (χ0n) is 9.30. The normalized spacial score (nSPS) is 9.71. The number of hydrogen-bond donors (Lipinski definition) is 1. The fraction of sp³-hybridized carbons (Fsp3) is 0.308. The molecule has 0 saturated heterocycles. The van der Waals surface area contributed by atoms with Gasteiger partial charge >= 0.3 is 0 Å². The Morgan fingerprint density at radius 3 is 2.82 bits per heavy atom. The minimum absolute atomic E-state index is 0.276. The lowest BCUT2D eigenvalue weighted by Gasteiger charge is -2.05. The molecule has 0 radical (unpaired) electrons. The highest BCUT2D eigenvalue weighted by Crippen LogP contribution is 2.09. The molecule has 2 nitrogen and oxygen atoms in total. The van der Waals surface area contributed by atoms with Gasteiger partial charge in [0.05, 0.1) is 5.56 Å². The van der Waals surface area contributed by atoms with Gasteiger partial charge in [-0.2, -0.15) is 0 Å². The van der Waals surface area contributed by atoms with Crippen LogP contribution in [0.25, 0.3) is 0 Å². The van der Waals surface area contributed by atoms with Crippen molar-refractivity contribution >= 4 is 5.91 Å². The summed E-state index contributed by atoms with van der Waals surface area (Å²) in [4.78, 5) is 11.5. The van der Waals surface area contributed by atoms with Crippen LogP contribution in [-0.2, 0) is 0 Å². The molecule has 0 spiro atoms. The third-order valence-electron chi connectivity index (χ3n) is 2.21. The highest BCUT2D eigenvalue weighted by molar-refractivity contribution is 5.94. The van der Waals surface area contributed by atoms with Crippen LogP contribution >= 0.6 is 0 Å². The molecule has 1 amide bonds. The molecule has 1 aromatic carbocycles. The topological polar surface area (TPSA) is 29.1 Å². The van der Waals surface area contributed by atoms with Crippen LogP contribution in [0.4, 0.5) is 8.78 Å². The largest absolute Gasteiger partial charge is 0.352 e. The van der Waals surface area contributed by atoms with Crippen LogP contribution in [0.5, 0.6) is 0 Å². The summed E-state index contributed by atoms with van der Waals surface area (Å²) in [6.45, 7) is 0.399. The van der Waals surface area contributed by atoms with Crippen LogP contribution in [0.2, 0.25) is 0 Å². The lowest BCUT2D eigenvalue weighted by Crippen LogP contribution is -2.25. The van der Waals surface area contributed by atoms with E-state index in [0.717, 1.165) is 24.6 Å². The fourth-order valence-corrected chi connectivity index (χ4v) is 1.32. The Bertz CT molecular complexity index is 438. The molecule has 17 heavy (non-hydrogen) atoms. The molecule has 0 bridgehead atoms. The van der Waals surface area contributed by atoms with Gasteiger partial charge in [0.1, 0.15) is 11.6 Å². The minimum atomic E-state index is -0.729. The number of carbonyl (C=O) groups excluding carboxylic acids is 1. The van der Waals surface area contributed by atoms with Gasteiger partial charge in [0, 0.05) is 13.0 Å². The summed E-state index contributed by atoms with van der Waals surface area (Å²) in [6, 6.07) is 2.79. The molecule has 4 heteroatoms.